The molecule has 0 aliphatic carbocycles. The Hall–Kier alpha value is -2.43. The first-order valence-corrected chi connectivity index (χ1v) is 9.45. The maximum atomic E-state index is 13.2. The van der Waals surface area contributed by atoms with Crippen LogP contribution in [0.25, 0.3) is 0 Å². The third-order valence-corrected chi connectivity index (χ3v) is 5.05. The van der Waals surface area contributed by atoms with Gasteiger partial charge in [0.05, 0.1) is 12.1 Å². The molecule has 0 radical (unpaired) electrons. The molecule has 1 N–H and O–H groups in total. The minimum absolute atomic E-state index is 0.217. The van der Waals surface area contributed by atoms with Crippen molar-refractivity contribution >= 4 is 28.9 Å². The van der Waals surface area contributed by atoms with Gasteiger partial charge in [-0.15, -0.1) is 0 Å². The normalized spacial score (nSPS) is 10.6. The van der Waals surface area contributed by atoms with Crippen molar-refractivity contribution in [2.75, 3.05) is 12.4 Å². The highest BCUT2D eigenvalue weighted by Gasteiger charge is 2.09. The van der Waals surface area contributed by atoms with E-state index in [1.807, 2.05) is 43.3 Å². The fourth-order valence-electron chi connectivity index (χ4n) is 2.64. The van der Waals surface area contributed by atoms with E-state index < -0.39 is 0 Å². The molecule has 3 aromatic carbocycles. The molecule has 0 atom stereocenters. The lowest BCUT2D eigenvalue weighted by Crippen LogP contribution is -2.02. The summed E-state index contributed by atoms with van der Waals surface area (Å²) in [6.45, 7) is 2.80. The van der Waals surface area contributed by atoms with Crippen LogP contribution in [0.3, 0.4) is 0 Å². The lowest BCUT2D eigenvalue weighted by molar-refractivity contribution is 0.284. The summed E-state index contributed by atoms with van der Waals surface area (Å²) < 4.78 is 24.4. The fourth-order valence-corrected chi connectivity index (χ4v) is 3.04. The molecule has 6 heteroatoms. The maximum Gasteiger partial charge on any atom is 0.161 e. The summed E-state index contributed by atoms with van der Waals surface area (Å²) in [7, 11) is 1.59. The summed E-state index contributed by atoms with van der Waals surface area (Å²) in [5, 5.41) is 4.39. The second-order valence-corrected chi connectivity index (χ2v) is 7.14. The Morgan fingerprint density at radius 1 is 0.929 bits per heavy atom. The Balaban J connectivity index is 1.66. The zero-order valence-corrected chi connectivity index (χ0v) is 17.1. The molecule has 0 fully saturated rings. The van der Waals surface area contributed by atoms with E-state index in [-0.39, 0.29) is 12.4 Å². The first kappa shape index (κ1) is 20.3. The largest absolute Gasteiger partial charge is 0.493 e. The Bertz CT molecular complexity index is 979. The molecule has 3 aromatic rings. The third kappa shape index (κ3) is 5.09. The van der Waals surface area contributed by atoms with Gasteiger partial charge in [-0.2, -0.15) is 0 Å². The Morgan fingerprint density at radius 2 is 1.75 bits per heavy atom. The first-order chi connectivity index (χ1) is 13.5. The predicted molar refractivity (Wildman–Crippen MR) is 112 cm³/mol. The maximum absolute atomic E-state index is 13.2. The van der Waals surface area contributed by atoms with E-state index in [4.69, 9.17) is 32.7 Å². The van der Waals surface area contributed by atoms with Crippen LogP contribution in [0.15, 0.2) is 54.6 Å². The highest BCUT2D eigenvalue weighted by Crippen LogP contribution is 2.30. The van der Waals surface area contributed by atoms with Crippen LogP contribution < -0.4 is 14.8 Å². The third-order valence-electron chi connectivity index (χ3n) is 4.29. The fraction of sp³-hybridized carbons (Fsp3) is 0.182. The van der Waals surface area contributed by atoms with Gasteiger partial charge in [-0.1, -0.05) is 41.4 Å². The minimum atomic E-state index is -0.377. The van der Waals surface area contributed by atoms with Gasteiger partial charge >= 0.3 is 0 Å². The molecule has 0 unspecified atom stereocenters. The van der Waals surface area contributed by atoms with Gasteiger partial charge < -0.3 is 14.8 Å². The molecule has 0 saturated heterocycles. The number of anilines is 1. The Kier molecular flexibility index (Phi) is 6.65. The van der Waals surface area contributed by atoms with Crippen LogP contribution in [0, 0.1) is 12.7 Å². The van der Waals surface area contributed by atoms with Crippen LogP contribution in [-0.2, 0) is 13.2 Å². The van der Waals surface area contributed by atoms with Gasteiger partial charge in [0.2, 0.25) is 0 Å². The molecule has 0 saturated carbocycles. The predicted octanol–water partition coefficient (Wildman–Crippen LogP) is 6.64. The van der Waals surface area contributed by atoms with Gasteiger partial charge in [0.1, 0.15) is 12.4 Å². The van der Waals surface area contributed by atoms with Crippen molar-refractivity contribution in [3.63, 3.8) is 0 Å². The molecular weight excluding hydrogens is 400 g/mol. The van der Waals surface area contributed by atoms with Gasteiger partial charge in [0.25, 0.3) is 0 Å². The smallest absolute Gasteiger partial charge is 0.161 e. The standard InChI is InChI=1S/C22H20Cl2FNO2/c1-14-3-7-18(11-19(14)23)26-12-15-4-8-21(22(9-15)27-2)28-13-16-5-6-17(25)10-20(16)24/h3-11,26H,12-13H2,1-2H3. The van der Waals surface area contributed by atoms with Gasteiger partial charge in [0.15, 0.2) is 11.5 Å². The number of halogens is 3. The molecule has 28 heavy (non-hydrogen) atoms. The van der Waals surface area contributed by atoms with Crippen LogP contribution in [0.5, 0.6) is 11.5 Å². The van der Waals surface area contributed by atoms with E-state index in [0.717, 1.165) is 21.8 Å². The van der Waals surface area contributed by atoms with Crippen LogP contribution in [0.4, 0.5) is 10.1 Å². The van der Waals surface area contributed by atoms with E-state index in [0.29, 0.717) is 28.6 Å². The SMILES string of the molecule is COc1cc(CNc2ccc(C)c(Cl)c2)ccc1OCc1ccc(F)cc1Cl. The number of hydrogen-bond donors (Lipinski definition) is 1. The number of rotatable bonds is 7. The number of aryl methyl sites for hydroxylation is 1. The first-order valence-electron chi connectivity index (χ1n) is 8.70. The average Bonchev–Trinajstić information content (AvgIpc) is 2.68. The van der Waals surface area contributed by atoms with Gasteiger partial charge in [-0.05, 0) is 54.4 Å². The summed E-state index contributed by atoms with van der Waals surface area (Å²) in [4.78, 5) is 0. The molecule has 3 rings (SSSR count). The molecule has 0 aliphatic rings. The molecule has 0 aliphatic heterocycles. The topological polar surface area (TPSA) is 30.5 Å². The number of hydrogen-bond acceptors (Lipinski definition) is 3. The summed E-state index contributed by atoms with van der Waals surface area (Å²) in [5.74, 6) is 0.822. The van der Waals surface area contributed by atoms with Crippen molar-refractivity contribution in [3.05, 3.63) is 87.2 Å². The summed E-state index contributed by atoms with van der Waals surface area (Å²) in [5.41, 5.74) is 3.71. The molecule has 3 nitrogen and oxygen atoms in total. The van der Waals surface area contributed by atoms with Crippen LogP contribution in [0.2, 0.25) is 10.0 Å². The quantitative estimate of drug-likeness (QED) is 0.465. The lowest BCUT2D eigenvalue weighted by atomic mass is 10.1. The van der Waals surface area contributed by atoms with E-state index in [1.54, 1.807) is 13.2 Å². The second kappa shape index (κ2) is 9.18. The molecule has 0 aromatic heterocycles. The highest BCUT2D eigenvalue weighted by atomic mass is 35.5. The second-order valence-electron chi connectivity index (χ2n) is 6.33. The molecule has 0 amide bonds. The van der Waals surface area contributed by atoms with E-state index >= 15 is 0 Å². The summed E-state index contributed by atoms with van der Waals surface area (Å²) >= 11 is 12.2. The van der Waals surface area contributed by atoms with Crippen LogP contribution in [-0.4, -0.2) is 7.11 Å². The van der Waals surface area contributed by atoms with Gasteiger partial charge in [-0.3, -0.25) is 0 Å². The number of methoxy groups -OCH3 is 1. The summed E-state index contributed by atoms with van der Waals surface area (Å²) in [6.07, 6.45) is 0. The minimum Gasteiger partial charge on any atom is -0.493 e. The highest BCUT2D eigenvalue weighted by molar-refractivity contribution is 6.31. The lowest BCUT2D eigenvalue weighted by Gasteiger charge is -2.14. The molecule has 0 bridgehead atoms. The van der Waals surface area contributed by atoms with Crippen molar-refractivity contribution in [1.82, 2.24) is 0 Å². The van der Waals surface area contributed by atoms with Crippen molar-refractivity contribution in [2.45, 2.75) is 20.1 Å². The van der Waals surface area contributed by atoms with E-state index in [2.05, 4.69) is 5.32 Å². The van der Waals surface area contributed by atoms with Crippen LogP contribution in [0.1, 0.15) is 16.7 Å². The monoisotopic (exact) mass is 419 g/mol. The van der Waals surface area contributed by atoms with Crippen molar-refractivity contribution in [1.29, 1.82) is 0 Å². The zero-order valence-electron chi connectivity index (χ0n) is 15.6. The molecule has 146 valence electrons. The Labute approximate surface area is 174 Å². The zero-order chi connectivity index (χ0) is 20.1. The number of benzene rings is 3. The number of ether oxygens (including phenoxy) is 2. The average molecular weight is 420 g/mol. The van der Waals surface area contributed by atoms with E-state index in [1.165, 1.54) is 12.1 Å². The number of nitrogens with one attached hydrogen (secondary N) is 1. The molecule has 0 heterocycles. The van der Waals surface area contributed by atoms with E-state index in [9.17, 15) is 4.39 Å². The molecule has 0 spiro atoms. The van der Waals surface area contributed by atoms with Gasteiger partial charge in [0, 0.05) is 22.8 Å². The molecular formula is C22H20Cl2FNO2. The Morgan fingerprint density at radius 3 is 2.46 bits per heavy atom. The van der Waals surface area contributed by atoms with Gasteiger partial charge in [-0.25, -0.2) is 4.39 Å². The van der Waals surface area contributed by atoms with Crippen molar-refractivity contribution in [3.8, 4) is 11.5 Å². The van der Waals surface area contributed by atoms with Crippen LogP contribution >= 0.6 is 23.2 Å². The summed E-state index contributed by atoms with van der Waals surface area (Å²) in [6, 6.07) is 15.8. The van der Waals surface area contributed by atoms with Crippen molar-refractivity contribution < 1.29 is 13.9 Å². The van der Waals surface area contributed by atoms with Crippen molar-refractivity contribution in [2.24, 2.45) is 0 Å².